The van der Waals surface area contributed by atoms with Crippen molar-refractivity contribution in [2.45, 2.75) is 9.79 Å². The van der Waals surface area contributed by atoms with E-state index in [1.807, 2.05) is 0 Å². The summed E-state index contributed by atoms with van der Waals surface area (Å²) in [5.41, 5.74) is 0. The summed E-state index contributed by atoms with van der Waals surface area (Å²) in [6, 6.07) is 3.22. The Morgan fingerprint density at radius 3 is 1.30 bits per heavy atom. The molecule has 0 fully saturated rings. The summed E-state index contributed by atoms with van der Waals surface area (Å²) in [5, 5.41) is 18.0. The monoisotopic (exact) mass is 320 g/mol. The number of hydrogen-bond acceptors (Lipinski definition) is 6. The van der Waals surface area contributed by atoms with Crippen LogP contribution in [0, 0.1) is 0 Å². The van der Waals surface area contributed by atoms with Crippen molar-refractivity contribution in [3.63, 3.8) is 0 Å². The molecule has 108 valence electrons. The van der Waals surface area contributed by atoms with E-state index in [1.165, 1.54) is 0 Å². The van der Waals surface area contributed by atoms with Crippen LogP contribution in [0.4, 0.5) is 0 Å². The Morgan fingerprint density at radius 2 is 1.00 bits per heavy atom. The van der Waals surface area contributed by atoms with Crippen LogP contribution in [0.5, 0.6) is 11.5 Å². The summed E-state index contributed by atoms with van der Waals surface area (Å²) in [7, 11) is -9.69. The molecule has 0 bridgehead atoms. The first kappa shape index (κ1) is 14.5. The molecule has 0 atom stereocenters. The third kappa shape index (κ3) is 2.29. The Balaban J connectivity index is 3.22. The van der Waals surface area contributed by atoms with Crippen molar-refractivity contribution in [3.8, 4) is 11.5 Å². The summed E-state index contributed by atoms with van der Waals surface area (Å²) in [4.78, 5) is -1.73. The smallest absolute Gasteiger partial charge is 0.295 e. The van der Waals surface area contributed by atoms with Crippen LogP contribution in [0.3, 0.4) is 0 Å². The minimum Gasteiger partial charge on any atom is -0.507 e. The molecule has 0 aliphatic rings. The van der Waals surface area contributed by atoms with Crippen molar-refractivity contribution >= 4 is 31.0 Å². The highest BCUT2D eigenvalue weighted by molar-refractivity contribution is 7.87. The molecule has 4 N–H and O–H groups in total. The zero-order valence-corrected chi connectivity index (χ0v) is 11.2. The molecule has 0 unspecified atom stereocenters. The molecule has 0 aliphatic heterocycles. The first-order valence-electron chi connectivity index (χ1n) is 4.96. The van der Waals surface area contributed by atoms with E-state index in [2.05, 4.69) is 0 Å². The van der Waals surface area contributed by atoms with Gasteiger partial charge in [0.25, 0.3) is 20.2 Å². The first-order chi connectivity index (χ1) is 9.03. The van der Waals surface area contributed by atoms with Crippen LogP contribution in [-0.2, 0) is 20.2 Å². The lowest BCUT2D eigenvalue weighted by atomic mass is 10.1. The van der Waals surface area contributed by atoms with Gasteiger partial charge in [0.1, 0.15) is 21.3 Å². The summed E-state index contributed by atoms with van der Waals surface area (Å²) in [5.74, 6) is -1.23. The van der Waals surface area contributed by atoms with E-state index in [0.29, 0.717) is 0 Å². The van der Waals surface area contributed by atoms with Gasteiger partial charge in [-0.15, -0.1) is 0 Å². The number of hydrogen-bond donors (Lipinski definition) is 4. The van der Waals surface area contributed by atoms with Crippen molar-refractivity contribution in [2.24, 2.45) is 0 Å². The lowest BCUT2D eigenvalue weighted by molar-refractivity contribution is 0.462. The Bertz CT molecular complexity index is 839. The second kappa shape index (κ2) is 4.31. The fourth-order valence-corrected chi connectivity index (χ4v) is 3.31. The Kier molecular flexibility index (Phi) is 3.13. The Morgan fingerprint density at radius 1 is 0.650 bits per heavy atom. The molecule has 0 saturated carbocycles. The number of fused-ring (bicyclic) bond motifs is 1. The van der Waals surface area contributed by atoms with E-state index in [4.69, 9.17) is 9.11 Å². The fourth-order valence-electron chi connectivity index (χ4n) is 1.83. The van der Waals surface area contributed by atoms with Crippen LogP contribution in [0.2, 0.25) is 0 Å². The molecule has 2 aromatic carbocycles. The van der Waals surface area contributed by atoms with Gasteiger partial charge in [-0.1, -0.05) is 0 Å². The Labute approximate surface area is 113 Å². The third-order valence-electron chi connectivity index (χ3n) is 2.60. The van der Waals surface area contributed by atoms with Gasteiger partial charge < -0.3 is 10.2 Å². The van der Waals surface area contributed by atoms with Gasteiger partial charge in [0, 0.05) is 5.39 Å². The van der Waals surface area contributed by atoms with E-state index < -0.39 is 52.3 Å². The van der Waals surface area contributed by atoms with Crippen LogP contribution >= 0.6 is 0 Å². The molecule has 0 aliphatic carbocycles. The molecular weight excluding hydrogens is 312 g/mol. The lowest BCUT2D eigenvalue weighted by Crippen LogP contribution is -2.05. The predicted octanol–water partition coefficient (Wildman–Crippen LogP) is 0.744. The van der Waals surface area contributed by atoms with Gasteiger partial charge in [-0.25, -0.2) is 0 Å². The maximum absolute atomic E-state index is 11.3. The van der Waals surface area contributed by atoms with Crippen LogP contribution in [0.15, 0.2) is 34.1 Å². The standard InChI is InChI=1S/C10H8O8S2/c11-5-1-3-7(19(13,14)15)10-8(20(16,17)18)4-2-6(12)9(5)10/h1-4,11-12H,(H,13,14,15)(H,16,17,18). The molecular formula is C10H8O8S2. The second-order valence-electron chi connectivity index (χ2n) is 3.87. The van der Waals surface area contributed by atoms with Crippen LogP contribution in [0.25, 0.3) is 10.8 Å². The van der Waals surface area contributed by atoms with Crippen molar-refractivity contribution in [3.05, 3.63) is 24.3 Å². The molecule has 2 rings (SSSR count). The van der Waals surface area contributed by atoms with E-state index in [-0.39, 0.29) is 0 Å². The van der Waals surface area contributed by atoms with Gasteiger partial charge in [0.2, 0.25) is 0 Å². The molecule has 20 heavy (non-hydrogen) atoms. The number of aromatic hydroxyl groups is 2. The molecule has 0 radical (unpaired) electrons. The molecule has 0 heterocycles. The van der Waals surface area contributed by atoms with Crippen LogP contribution in [0.1, 0.15) is 0 Å². The average Bonchev–Trinajstić information content (AvgIpc) is 2.25. The van der Waals surface area contributed by atoms with Crippen molar-refractivity contribution < 1.29 is 36.2 Å². The van der Waals surface area contributed by atoms with Gasteiger partial charge in [-0.3, -0.25) is 9.11 Å². The Hall–Kier alpha value is -1.88. The first-order valence-corrected chi connectivity index (χ1v) is 7.84. The maximum atomic E-state index is 11.3. The fraction of sp³-hybridized carbons (Fsp3) is 0. The van der Waals surface area contributed by atoms with Gasteiger partial charge in [0.05, 0.1) is 5.39 Å². The molecule has 8 nitrogen and oxygen atoms in total. The number of phenolic OH excluding ortho intramolecular Hbond substituents is 2. The minimum atomic E-state index is -4.84. The SMILES string of the molecule is O=S(=O)(O)c1ccc(O)c2c(O)ccc(S(=O)(=O)O)c12. The van der Waals surface area contributed by atoms with Gasteiger partial charge in [-0.05, 0) is 24.3 Å². The lowest BCUT2D eigenvalue weighted by Gasteiger charge is -2.10. The molecule has 2 aromatic rings. The van der Waals surface area contributed by atoms with Crippen LogP contribution < -0.4 is 0 Å². The highest BCUT2D eigenvalue weighted by Crippen LogP contribution is 2.39. The summed E-state index contributed by atoms with van der Waals surface area (Å²) >= 11 is 0. The summed E-state index contributed by atoms with van der Waals surface area (Å²) in [6.45, 7) is 0. The van der Waals surface area contributed by atoms with Crippen molar-refractivity contribution in [1.82, 2.24) is 0 Å². The summed E-state index contributed by atoms with van der Waals surface area (Å²) in [6.07, 6.45) is 0. The number of benzene rings is 2. The van der Waals surface area contributed by atoms with Gasteiger partial charge in [-0.2, -0.15) is 16.8 Å². The molecule has 10 heteroatoms. The zero-order chi connectivity index (χ0) is 15.3. The van der Waals surface area contributed by atoms with E-state index in [1.54, 1.807) is 0 Å². The van der Waals surface area contributed by atoms with E-state index >= 15 is 0 Å². The topological polar surface area (TPSA) is 149 Å². The molecule has 0 spiro atoms. The minimum absolute atomic E-state index is 0.518. The largest absolute Gasteiger partial charge is 0.507 e. The molecule has 0 saturated heterocycles. The molecule has 0 aromatic heterocycles. The third-order valence-corrected chi connectivity index (χ3v) is 4.39. The number of phenols is 2. The van der Waals surface area contributed by atoms with Crippen molar-refractivity contribution in [1.29, 1.82) is 0 Å². The average molecular weight is 320 g/mol. The normalized spacial score (nSPS) is 12.7. The zero-order valence-electron chi connectivity index (χ0n) is 9.55. The van der Waals surface area contributed by atoms with Gasteiger partial charge >= 0.3 is 0 Å². The van der Waals surface area contributed by atoms with Crippen molar-refractivity contribution in [2.75, 3.05) is 0 Å². The van der Waals surface area contributed by atoms with E-state index in [9.17, 15) is 27.0 Å². The predicted molar refractivity (Wildman–Crippen MR) is 66.9 cm³/mol. The van der Waals surface area contributed by atoms with Crippen LogP contribution in [-0.4, -0.2) is 36.2 Å². The van der Waals surface area contributed by atoms with E-state index in [0.717, 1.165) is 24.3 Å². The maximum Gasteiger partial charge on any atom is 0.295 e. The van der Waals surface area contributed by atoms with Gasteiger partial charge in [0.15, 0.2) is 0 Å². The number of rotatable bonds is 2. The summed E-state index contributed by atoms with van der Waals surface area (Å²) < 4.78 is 63.2. The second-order valence-corrected chi connectivity index (χ2v) is 6.65. The highest BCUT2D eigenvalue weighted by Gasteiger charge is 2.25. The highest BCUT2D eigenvalue weighted by atomic mass is 32.2. The quantitative estimate of drug-likeness (QED) is 0.592. The molecule has 0 amide bonds.